The maximum Gasteiger partial charge on any atom is 0.166 e. The zero-order valence-corrected chi connectivity index (χ0v) is 7.13. The first-order chi connectivity index (χ1) is 6.61. The molecule has 5 atom stereocenters. The molecular formula is C6H11N3O5. The molecule has 8 heteroatoms. The first-order valence-electron chi connectivity index (χ1n) is 3.96. The molecule has 0 amide bonds. The third kappa shape index (κ3) is 1.95. The third-order valence-corrected chi connectivity index (χ3v) is 2.05. The highest BCUT2D eigenvalue weighted by Crippen LogP contribution is 2.21. The topological polar surface area (TPSA) is 139 Å². The standard InChI is InChI=1S/C6H11N3O5/c7-9-8-3-5(12)4(11)2(1-10)14-6(3)13/h2-6,10-13H,1H2/t2-,3-,4-,5+,6+/m0/s1. The monoisotopic (exact) mass is 205 g/mol. The predicted octanol–water partition coefficient (Wildman–Crippen LogP) is -1.90. The van der Waals surface area contributed by atoms with Crippen molar-refractivity contribution < 1.29 is 25.2 Å². The summed E-state index contributed by atoms with van der Waals surface area (Å²) in [4.78, 5) is 2.40. The Morgan fingerprint density at radius 1 is 1.29 bits per heavy atom. The summed E-state index contributed by atoms with van der Waals surface area (Å²) >= 11 is 0. The SMILES string of the molecule is [N-]=[N+]=N[C@H]1[C@@H](O)[C@@H](O)[C@H](CO)O[C@H]1O. The average molecular weight is 205 g/mol. The number of aliphatic hydroxyl groups excluding tert-OH is 4. The van der Waals surface area contributed by atoms with Crippen molar-refractivity contribution in [3.8, 4) is 0 Å². The van der Waals surface area contributed by atoms with Gasteiger partial charge in [-0.15, -0.1) is 0 Å². The fourth-order valence-electron chi connectivity index (χ4n) is 1.27. The second kappa shape index (κ2) is 4.56. The Bertz CT molecular complexity index is 244. The van der Waals surface area contributed by atoms with E-state index in [0.29, 0.717) is 0 Å². The summed E-state index contributed by atoms with van der Waals surface area (Å²) in [6.45, 7) is -0.543. The molecule has 1 aliphatic heterocycles. The van der Waals surface area contributed by atoms with Crippen molar-refractivity contribution in [3.05, 3.63) is 10.4 Å². The van der Waals surface area contributed by atoms with E-state index in [4.69, 9.17) is 15.4 Å². The Labute approximate surface area is 79.0 Å². The van der Waals surface area contributed by atoms with Crippen LogP contribution in [0.5, 0.6) is 0 Å². The van der Waals surface area contributed by atoms with Gasteiger partial charge in [-0.05, 0) is 5.53 Å². The molecule has 14 heavy (non-hydrogen) atoms. The van der Waals surface area contributed by atoms with Gasteiger partial charge in [0.05, 0.1) is 12.7 Å². The Morgan fingerprint density at radius 3 is 2.43 bits per heavy atom. The number of nitrogens with zero attached hydrogens (tertiary/aromatic N) is 3. The van der Waals surface area contributed by atoms with Crippen molar-refractivity contribution >= 4 is 0 Å². The van der Waals surface area contributed by atoms with E-state index in [1.54, 1.807) is 0 Å². The van der Waals surface area contributed by atoms with Gasteiger partial charge in [0, 0.05) is 4.91 Å². The highest BCUT2D eigenvalue weighted by molar-refractivity contribution is 4.92. The van der Waals surface area contributed by atoms with Crippen LogP contribution in [0.15, 0.2) is 5.11 Å². The molecule has 0 aromatic carbocycles. The van der Waals surface area contributed by atoms with E-state index in [2.05, 4.69) is 10.0 Å². The lowest BCUT2D eigenvalue weighted by Crippen LogP contribution is -2.57. The van der Waals surface area contributed by atoms with E-state index in [1.165, 1.54) is 0 Å². The molecule has 1 rings (SSSR count). The Morgan fingerprint density at radius 2 is 1.93 bits per heavy atom. The molecule has 80 valence electrons. The van der Waals surface area contributed by atoms with Gasteiger partial charge in [0.15, 0.2) is 6.29 Å². The summed E-state index contributed by atoms with van der Waals surface area (Å²) in [5, 5.41) is 39.7. The second-order valence-electron chi connectivity index (χ2n) is 2.92. The van der Waals surface area contributed by atoms with Crippen LogP contribution in [0, 0.1) is 0 Å². The molecule has 8 nitrogen and oxygen atoms in total. The summed E-state index contributed by atoms with van der Waals surface area (Å²) in [6.07, 6.45) is -5.45. The molecule has 0 unspecified atom stereocenters. The normalized spacial score (nSPS) is 43.0. The van der Waals surface area contributed by atoms with Gasteiger partial charge in [0.1, 0.15) is 18.2 Å². The van der Waals surface area contributed by atoms with Gasteiger partial charge >= 0.3 is 0 Å². The molecule has 1 aliphatic rings. The Balaban J connectivity index is 2.78. The Kier molecular flexibility index (Phi) is 3.64. The molecule has 0 aromatic heterocycles. The van der Waals surface area contributed by atoms with Gasteiger partial charge in [-0.1, -0.05) is 5.11 Å². The summed E-state index contributed by atoms with van der Waals surface area (Å²) in [7, 11) is 0. The molecule has 0 radical (unpaired) electrons. The summed E-state index contributed by atoms with van der Waals surface area (Å²) in [5.74, 6) is 0. The fraction of sp³-hybridized carbons (Fsp3) is 1.00. The largest absolute Gasteiger partial charge is 0.394 e. The van der Waals surface area contributed by atoms with Crippen LogP contribution in [0.25, 0.3) is 10.4 Å². The Hall–Kier alpha value is -0.890. The number of azide groups is 1. The second-order valence-corrected chi connectivity index (χ2v) is 2.92. The molecule has 0 saturated carbocycles. The summed E-state index contributed by atoms with van der Waals surface area (Å²) < 4.78 is 4.71. The van der Waals surface area contributed by atoms with Crippen LogP contribution >= 0.6 is 0 Å². The van der Waals surface area contributed by atoms with Crippen molar-refractivity contribution in [2.24, 2.45) is 5.11 Å². The molecule has 4 N–H and O–H groups in total. The van der Waals surface area contributed by atoms with Crippen LogP contribution in [-0.2, 0) is 4.74 Å². The fourth-order valence-corrected chi connectivity index (χ4v) is 1.27. The van der Waals surface area contributed by atoms with Crippen LogP contribution in [0.4, 0.5) is 0 Å². The molecule has 1 fully saturated rings. The maximum absolute atomic E-state index is 9.37. The van der Waals surface area contributed by atoms with Crippen molar-refractivity contribution in [3.63, 3.8) is 0 Å². The summed E-state index contributed by atoms with van der Waals surface area (Å²) in [5.41, 5.74) is 8.11. The third-order valence-electron chi connectivity index (χ3n) is 2.05. The highest BCUT2D eigenvalue weighted by atomic mass is 16.6. The lowest BCUT2D eigenvalue weighted by atomic mass is 9.98. The van der Waals surface area contributed by atoms with Crippen molar-refractivity contribution in [1.29, 1.82) is 0 Å². The molecule has 0 aliphatic carbocycles. The van der Waals surface area contributed by atoms with E-state index in [-0.39, 0.29) is 0 Å². The molecule has 0 aromatic rings. The van der Waals surface area contributed by atoms with E-state index < -0.39 is 37.3 Å². The average Bonchev–Trinajstić information content (AvgIpc) is 2.18. The van der Waals surface area contributed by atoms with Crippen molar-refractivity contribution in [2.75, 3.05) is 6.61 Å². The zero-order valence-electron chi connectivity index (χ0n) is 7.13. The van der Waals surface area contributed by atoms with Gasteiger partial charge in [-0.2, -0.15) is 0 Å². The molecule has 1 saturated heterocycles. The van der Waals surface area contributed by atoms with E-state index in [0.717, 1.165) is 0 Å². The molecule has 0 bridgehead atoms. The van der Waals surface area contributed by atoms with Crippen LogP contribution in [-0.4, -0.2) is 57.7 Å². The van der Waals surface area contributed by atoms with Gasteiger partial charge in [0.25, 0.3) is 0 Å². The van der Waals surface area contributed by atoms with Crippen LogP contribution in [0.3, 0.4) is 0 Å². The number of hydrogen-bond donors (Lipinski definition) is 4. The minimum absolute atomic E-state index is 0.543. The maximum atomic E-state index is 9.37. The number of rotatable bonds is 2. The summed E-state index contributed by atoms with van der Waals surface area (Å²) in [6, 6.07) is -1.27. The van der Waals surface area contributed by atoms with E-state index in [9.17, 15) is 15.3 Å². The number of ether oxygens (including phenoxy) is 1. The predicted molar refractivity (Wildman–Crippen MR) is 42.9 cm³/mol. The highest BCUT2D eigenvalue weighted by Gasteiger charge is 2.43. The van der Waals surface area contributed by atoms with Crippen LogP contribution in [0.1, 0.15) is 0 Å². The first-order valence-corrected chi connectivity index (χ1v) is 3.96. The van der Waals surface area contributed by atoms with E-state index in [1.807, 2.05) is 0 Å². The van der Waals surface area contributed by atoms with Crippen molar-refractivity contribution in [2.45, 2.75) is 30.6 Å². The van der Waals surface area contributed by atoms with Crippen molar-refractivity contribution in [1.82, 2.24) is 0 Å². The minimum atomic E-state index is -1.53. The molecule has 0 spiro atoms. The smallest absolute Gasteiger partial charge is 0.166 e. The molecule has 1 heterocycles. The lowest BCUT2D eigenvalue weighted by molar-refractivity contribution is -0.248. The zero-order chi connectivity index (χ0) is 10.7. The van der Waals surface area contributed by atoms with Gasteiger partial charge in [-0.3, -0.25) is 0 Å². The van der Waals surface area contributed by atoms with Crippen LogP contribution < -0.4 is 0 Å². The number of aliphatic hydroxyl groups is 4. The molecular weight excluding hydrogens is 194 g/mol. The van der Waals surface area contributed by atoms with Crippen LogP contribution in [0.2, 0.25) is 0 Å². The lowest BCUT2D eigenvalue weighted by Gasteiger charge is -2.37. The van der Waals surface area contributed by atoms with Gasteiger partial charge < -0.3 is 25.2 Å². The number of hydrogen-bond acceptors (Lipinski definition) is 6. The minimum Gasteiger partial charge on any atom is -0.394 e. The first kappa shape index (κ1) is 11.2. The van der Waals surface area contributed by atoms with E-state index >= 15 is 0 Å². The van der Waals surface area contributed by atoms with Gasteiger partial charge in [0.2, 0.25) is 0 Å². The quantitative estimate of drug-likeness (QED) is 0.237. The van der Waals surface area contributed by atoms with Gasteiger partial charge in [-0.25, -0.2) is 0 Å².